The predicted molar refractivity (Wildman–Crippen MR) is 140 cm³/mol. The number of aromatic nitrogens is 3. The number of benzene rings is 2. The molecule has 0 amide bonds. The molecular formula is C28H30N4OS. The van der Waals surface area contributed by atoms with E-state index in [4.69, 9.17) is 22.1 Å². The van der Waals surface area contributed by atoms with Gasteiger partial charge >= 0.3 is 0 Å². The van der Waals surface area contributed by atoms with Crippen LogP contribution in [0.1, 0.15) is 42.5 Å². The first-order chi connectivity index (χ1) is 16.7. The van der Waals surface area contributed by atoms with Gasteiger partial charge in [-0.05, 0) is 44.6 Å². The third-order valence-electron chi connectivity index (χ3n) is 7.09. The highest BCUT2D eigenvalue weighted by Gasteiger charge is 2.29. The van der Waals surface area contributed by atoms with Crippen molar-refractivity contribution in [1.82, 2.24) is 19.5 Å². The molecule has 1 fully saturated rings. The average molecular weight is 471 g/mol. The van der Waals surface area contributed by atoms with Crippen LogP contribution >= 0.6 is 12.2 Å². The second-order valence-corrected chi connectivity index (χ2v) is 9.86. The van der Waals surface area contributed by atoms with E-state index in [2.05, 4.69) is 75.9 Å². The number of nitrogens with zero attached hydrogens (tertiary/aromatic N) is 3. The van der Waals surface area contributed by atoms with Gasteiger partial charge in [0.05, 0.1) is 6.10 Å². The van der Waals surface area contributed by atoms with Gasteiger partial charge in [-0.3, -0.25) is 0 Å². The van der Waals surface area contributed by atoms with E-state index in [0.29, 0.717) is 0 Å². The second kappa shape index (κ2) is 9.01. The lowest BCUT2D eigenvalue weighted by molar-refractivity contribution is 0.114. The van der Waals surface area contributed by atoms with Gasteiger partial charge in [0.25, 0.3) is 0 Å². The highest BCUT2D eigenvalue weighted by atomic mass is 32.1. The Morgan fingerprint density at radius 1 is 1.06 bits per heavy atom. The Morgan fingerprint density at radius 2 is 1.88 bits per heavy atom. The predicted octanol–water partition coefficient (Wildman–Crippen LogP) is 5.56. The van der Waals surface area contributed by atoms with Crippen molar-refractivity contribution < 1.29 is 4.74 Å². The number of rotatable bonds is 5. The molecule has 0 aliphatic carbocycles. The van der Waals surface area contributed by atoms with Crippen molar-refractivity contribution in [2.24, 2.45) is 0 Å². The van der Waals surface area contributed by atoms with Gasteiger partial charge < -0.3 is 14.6 Å². The van der Waals surface area contributed by atoms with Crippen molar-refractivity contribution in [2.75, 3.05) is 13.2 Å². The minimum Gasteiger partial charge on any atom is -0.376 e. The van der Waals surface area contributed by atoms with Crippen LogP contribution in [0.3, 0.4) is 0 Å². The summed E-state index contributed by atoms with van der Waals surface area (Å²) in [5, 5.41) is 8.71. The molecule has 0 spiro atoms. The van der Waals surface area contributed by atoms with Crippen LogP contribution in [0.25, 0.3) is 28.2 Å². The first-order valence-electron chi connectivity index (χ1n) is 12.4. The summed E-state index contributed by atoms with van der Waals surface area (Å²) in [7, 11) is 0. The molecule has 0 saturated carbocycles. The highest BCUT2D eigenvalue weighted by Crippen LogP contribution is 2.38. The minimum absolute atomic E-state index is 0.229. The van der Waals surface area contributed by atoms with E-state index in [1.165, 1.54) is 27.9 Å². The molecule has 6 heteroatoms. The van der Waals surface area contributed by atoms with Crippen molar-refractivity contribution in [1.29, 1.82) is 0 Å². The van der Waals surface area contributed by atoms with Gasteiger partial charge in [0.1, 0.15) is 16.3 Å². The SMILES string of the molecule is Cc1ccc(-c2c3c4n(c(-c5ccccc5)nn4c2C(=S)NC[C@H]2CCCO2)CCCC3)cc1. The molecule has 34 heavy (non-hydrogen) atoms. The monoisotopic (exact) mass is 470 g/mol. The summed E-state index contributed by atoms with van der Waals surface area (Å²) in [6.45, 7) is 4.68. The number of nitrogens with one attached hydrogen (secondary N) is 1. The van der Waals surface area contributed by atoms with Crippen molar-refractivity contribution in [3.05, 3.63) is 71.4 Å². The van der Waals surface area contributed by atoms with Gasteiger partial charge in [-0.2, -0.15) is 0 Å². The molecule has 2 aromatic heterocycles. The van der Waals surface area contributed by atoms with Crippen LogP contribution in [0.5, 0.6) is 0 Å². The largest absolute Gasteiger partial charge is 0.376 e. The molecular weight excluding hydrogens is 440 g/mol. The lowest BCUT2D eigenvalue weighted by Gasteiger charge is -2.14. The summed E-state index contributed by atoms with van der Waals surface area (Å²) >= 11 is 6.04. The number of aryl methyl sites for hydroxylation is 3. The van der Waals surface area contributed by atoms with E-state index in [-0.39, 0.29) is 6.10 Å². The fourth-order valence-electron chi connectivity index (χ4n) is 5.38. The average Bonchev–Trinajstić information content (AvgIpc) is 3.54. The Bertz CT molecular complexity index is 1330. The molecule has 4 aromatic rings. The summed E-state index contributed by atoms with van der Waals surface area (Å²) in [6.07, 6.45) is 5.77. The zero-order chi connectivity index (χ0) is 23.1. The second-order valence-electron chi connectivity index (χ2n) is 9.45. The quantitative estimate of drug-likeness (QED) is 0.388. The van der Waals surface area contributed by atoms with Crippen molar-refractivity contribution in [2.45, 2.75) is 51.7 Å². The van der Waals surface area contributed by atoms with Crippen molar-refractivity contribution >= 4 is 22.9 Å². The number of hydrogen-bond acceptors (Lipinski definition) is 3. The molecule has 1 N–H and O–H groups in total. The van der Waals surface area contributed by atoms with E-state index >= 15 is 0 Å². The zero-order valence-electron chi connectivity index (χ0n) is 19.6. The zero-order valence-corrected chi connectivity index (χ0v) is 20.4. The van der Waals surface area contributed by atoms with E-state index in [1.807, 2.05) is 0 Å². The molecule has 0 radical (unpaired) electrons. The maximum atomic E-state index is 6.04. The lowest BCUT2D eigenvalue weighted by Crippen LogP contribution is -2.32. The summed E-state index contributed by atoms with van der Waals surface area (Å²) in [5.41, 5.74) is 8.36. The summed E-state index contributed by atoms with van der Waals surface area (Å²) in [5.74, 6) is 1.01. The normalized spacial score (nSPS) is 17.7. The minimum atomic E-state index is 0.229. The van der Waals surface area contributed by atoms with Gasteiger partial charge in [0, 0.05) is 36.4 Å². The van der Waals surface area contributed by atoms with Crippen LogP contribution in [0, 0.1) is 6.92 Å². The van der Waals surface area contributed by atoms with E-state index < -0.39 is 0 Å². The molecule has 2 aliphatic rings. The van der Waals surface area contributed by atoms with Crippen molar-refractivity contribution in [3.8, 4) is 22.5 Å². The molecule has 174 valence electrons. The molecule has 5 nitrogen and oxygen atoms in total. The Morgan fingerprint density at radius 3 is 2.65 bits per heavy atom. The van der Waals surface area contributed by atoms with Crippen LogP contribution in [0.2, 0.25) is 0 Å². The van der Waals surface area contributed by atoms with E-state index in [0.717, 1.165) is 73.9 Å². The van der Waals surface area contributed by atoms with E-state index in [9.17, 15) is 0 Å². The fourth-order valence-corrected chi connectivity index (χ4v) is 5.65. The summed E-state index contributed by atoms with van der Waals surface area (Å²) < 4.78 is 10.4. The maximum Gasteiger partial charge on any atom is 0.162 e. The smallest absolute Gasteiger partial charge is 0.162 e. The molecule has 4 heterocycles. The molecule has 2 aliphatic heterocycles. The fraction of sp³-hybridized carbons (Fsp3) is 0.357. The molecule has 0 unspecified atom stereocenters. The standard InChI is InChI=1S/C28H30N4OS/c1-19-12-14-20(15-13-19)24-23-11-5-6-16-31-26(21-8-3-2-4-9-21)30-32(28(23)31)25(24)27(34)29-18-22-10-7-17-33-22/h2-4,8-9,12-15,22H,5-7,10-11,16-18H2,1H3,(H,29,34)/t22-/m1/s1. The van der Waals surface area contributed by atoms with Crippen LogP contribution in [-0.4, -0.2) is 38.4 Å². The van der Waals surface area contributed by atoms with Crippen LogP contribution < -0.4 is 5.32 Å². The Balaban J connectivity index is 1.54. The highest BCUT2D eigenvalue weighted by molar-refractivity contribution is 7.80. The molecule has 1 saturated heterocycles. The van der Waals surface area contributed by atoms with Crippen LogP contribution in [0.15, 0.2) is 54.6 Å². The topological polar surface area (TPSA) is 43.5 Å². The molecule has 1 atom stereocenters. The van der Waals surface area contributed by atoms with Crippen LogP contribution in [0.4, 0.5) is 0 Å². The van der Waals surface area contributed by atoms with Gasteiger partial charge in [-0.1, -0.05) is 72.4 Å². The maximum absolute atomic E-state index is 6.04. The third kappa shape index (κ3) is 3.75. The van der Waals surface area contributed by atoms with Crippen molar-refractivity contribution in [3.63, 3.8) is 0 Å². The number of ether oxygens (including phenoxy) is 1. The number of thiocarbonyl (C=S) groups is 1. The first kappa shape index (κ1) is 21.6. The molecule has 0 bridgehead atoms. The van der Waals surface area contributed by atoms with Gasteiger partial charge in [-0.25, -0.2) is 4.52 Å². The lowest BCUT2D eigenvalue weighted by atomic mass is 9.97. The molecule has 6 rings (SSSR count). The van der Waals surface area contributed by atoms with Gasteiger partial charge in [-0.15, -0.1) is 5.10 Å². The van der Waals surface area contributed by atoms with Gasteiger partial charge in [0.2, 0.25) is 0 Å². The van der Waals surface area contributed by atoms with Gasteiger partial charge in [0.15, 0.2) is 5.82 Å². The molecule has 2 aromatic carbocycles. The first-order valence-corrected chi connectivity index (χ1v) is 12.8. The van der Waals surface area contributed by atoms with E-state index in [1.54, 1.807) is 0 Å². The van der Waals surface area contributed by atoms with Crippen LogP contribution in [-0.2, 0) is 17.7 Å². The Labute approximate surface area is 205 Å². The Kier molecular flexibility index (Phi) is 5.71. The third-order valence-corrected chi connectivity index (χ3v) is 7.42. The summed E-state index contributed by atoms with van der Waals surface area (Å²) in [6, 6.07) is 19.3. The summed E-state index contributed by atoms with van der Waals surface area (Å²) in [4.78, 5) is 0.747. The number of hydrogen-bond donors (Lipinski definition) is 1. The Hall–Kier alpha value is -2.96.